The first-order chi connectivity index (χ1) is 12.2. The van der Waals surface area contributed by atoms with Crippen LogP contribution in [-0.4, -0.2) is 41.6 Å². The van der Waals surface area contributed by atoms with E-state index in [-0.39, 0.29) is 6.10 Å². The molecule has 0 fully saturated rings. The zero-order valence-electron chi connectivity index (χ0n) is 15.9. The van der Waals surface area contributed by atoms with E-state index in [1.54, 1.807) is 63.7 Å². The van der Waals surface area contributed by atoms with Crippen molar-refractivity contribution < 1.29 is 19.1 Å². The molecule has 1 aromatic carbocycles. The summed E-state index contributed by atoms with van der Waals surface area (Å²) < 4.78 is 11.0. The minimum Gasteiger partial charge on any atom is -0.478 e. The molecule has 1 unspecified atom stereocenters. The number of amides is 1. The zero-order valence-corrected chi connectivity index (χ0v) is 16.7. The van der Waals surface area contributed by atoms with E-state index >= 15 is 0 Å². The molecule has 0 saturated heterocycles. The van der Waals surface area contributed by atoms with Gasteiger partial charge in [0.15, 0.2) is 5.60 Å². The number of benzene rings is 1. The van der Waals surface area contributed by atoms with Crippen molar-refractivity contribution >= 4 is 23.6 Å². The second kappa shape index (κ2) is 10.1. The highest BCUT2D eigenvalue weighted by Crippen LogP contribution is 2.19. The van der Waals surface area contributed by atoms with E-state index in [1.807, 2.05) is 12.3 Å². The lowest BCUT2D eigenvalue weighted by Crippen LogP contribution is -2.53. The monoisotopic (exact) mass is 378 g/mol. The Morgan fingerprint density at radius 3 is 2.38 bits per heavy atom. The van der Waals surface area contributed by atoms with Crippen LogP contribution in [0.3, 0.4) is 0 Å². The van der Waals surface area contributed by atoms with E-state index in [0.717, 1.165) is 5.75 Å². The van der Waals surface area contributed by atoms with Crippen LogP contribution in [0.2, 0.25) is 0 Å². The molecule has 0 aliphatic carbocycles. The summed E-state index contributed by atoms with van der Waals surface area (Å²) in [6.07, 6.45) is 2.16. The molecule has 0 radical (unpaired) electrons. The van der Waals surface area contributed by atoms with Gasteiger partial charge in [0.05, 0.1) is 17.7 Å². The highest BCUT2D eigenvalue weighted by atomic mass is 32.2. The normalized spacial score (nSPS) is 12.2. The molecule has 26 heavy (non-hydrogen) atoms. The molecule has 0 aromatic heterocycles. The third kappa shape index (κ3) is 6.96. The maximum Gasteiger partial charge on any atom is 0.328 e. The summed E-state index contributed by atoms with van der Waals surface area (Å²) in [6, 6.07) is 7.80. The molecule has 0 aliphatic heterocycles. The van der Waals surface area contributed by atoms with Gasteiger partial charge in [-0.15, -0.1) is 0 Å². The van der Waals surface area contributed by atoms with Crippen molar-refractivity contribution in [2.45, 2.75) is 51.9 Å². The first-order valence-electron chi connectivity index (χ1n) is 8.39. The molecule has 0 bridgehead atoms. The first kappa shape index (κ1) is 21.8. The van der Waals surface area contributed by atoms with Gasteiger partial charge in [0.25, 0.3) is 5.91 Å². The van der Waals surface area contributed by atoms with Crippen LogP contribution >= 0.6 is 11.8 Å². The Kier molecular flexibility index (Phi) is 8.46. The summed E-state index contributed by atoms with van der Waals surface area (Å²) in [6.45, 7) is 6.78. The summed E-state index contributed by atoms with van der Waals surface area (Å²) in [5.41, 5.74) is -0.683. The summed E-state index contributed by atoms with van der Waals surface area (Å²) in [5.74, 6) is 0.328. The molecule has 0 saturated carbocycles. The lowest BCUT2D eigenvalue weighted by atomic mass is 10.1. The van der Waals surface area contributed by atoms with Crippen LogP contribution in [-0.2, 0) is 14.3 Å². The second-order valence-electron chi connectivity index (χ2n) is 6.54. The van der Waals surface area contributed by atoms with Gasteiger partial charge in [0.2, 0.25) is 0 Å². The van der Waals surface area contributed by atoms with Crippen molar-refractivity contribution in [3.8, 4) is 11.8 Å². The molecular formula is C19H26N2O4S. The van der Waals surface area contributed by atoms with Gasteiger partial charge >= 0.3 is 5.97 Å². The van der Waals surface area contributed by atoms with E-state index < -0.39 is 23.5 Å². The van der Waals surface area contributed by atoms with Crippen LogP contribution < -0.4 is 10.1 Å². The highest BCUT2D eigenvalue weighted by Gasteiger charge is 2.34. The van der Waals surface area contributed by atoms with E-state index in [1.165, 1.54) is 0 Å². The molecule has 0 spiro atoms. The van der Waals surface area contributed by atoms with E-state index in [4.69, 9.17) is 14.7 Å². The minimum atomic E-state index is -1.19. The molecule has 1 atom stereocenters. The molecular weight excluding hydrogens is 352 g/mol. The Hall–Kier alpha value is -2.20. The van der Waals surface area contributed by atoms with Gasteiger partial charge in [-0.1, -0.05) is 0 Å². The number of hydrogen-bond acceptors (Lipinski definition) is 6. The number of nitrogens with one attached hydrogen (secondary N) is 1. The lowest BCUT2D eigenvalue weighted by Gasteiger charge is -2.28. The lowest BCUT2D eigenvalue weighted by molar-refractivity contribution is -0.153. The van der Waals surface area contributed by atoms with Crippen LogP contribution in [0.4, 0.5) is 0 Å². The quantitative estimate of drug-likeness (QED) is 0.665. The molecule has 0 aliphatic rings. The number of nitrogens with zero attached hydrogens (tertiary/aromatic N) is 1. The van der Waals surface area contributed by atoms with Gasteiger partial charge in [-0.05, 0) is 70.4 Å². The average Bonchev–Trinajstić information content (AvgIpc) is 2.58. The minimum absolute atomic E-state index is 0.251. The highest BCUT2D eigenvalue weighted by molar-refractivity contribution is 7.98. The zero-order chi connectivity index (χ0) is 19.7. The number of carbonyl (C=O) groups excluding carboxylic acids is 2. The van der Waals surface area contributed by atoms with Crippen LogP contribution in [0.15, 0.2) is 24.3 Å². The maximum atomic E-state index is 12.7. The van der Waals surface area contributed by atoms with Crippen molar-refractivity contribution in [1.82, 2.24) is 5.32 Å². The Balaban J connectivity index is 2.80. The molecule has 6 nitrogen and oxygen atoms in total. The van der Waals surface area contributed by atoms with Crippen molar-refractivity contribution in [1.29, 1.82) is 5.26 Å². The third-order valence-electron chi connectivity index (χ3n) is 3.46. The van der Waals surface area contributed by atoms with Crippen LogP contribution in [0.5, 0.6) is 5.75 Å². The van der Waals surface area contributed by atoms with Gasteiger partial charge in [0.1, 0.15) is 11.8 Å². The predicted octanol–water partition coefficient (Wildman–Crippen LogP) is 2.91. The molecule has 7 heteroatoms. The largest absolute Gasteiger partial charge is 0.478 e. The number of nitriles is 1. The molecule has 142 valence electrons. The Bertz CT molecular complexity index is 650. The van der Waals surface area contributed by atoms with Gasteiger partial charge in [-0.25, -0.2) is 4.79 Å². The Morgan fingerprint density at radius 1 is 1.27 bits per heavy atom. The van der Waals surface area contributed by atoms with Gasteiger partial charge < -0.3 is 14.8 Å². The van der Waals surface area contributed by atoms with Crippen molar-refractivity contribution in [2.75, 3.05) is 12.0 Å². The first-order valence-corrected chi connectivity index (χ1v) is 9.78. The van der Waals surface area contributed by atoms with Gasteiger partial charge in [-0.3, -0.25) is 4.79 Å². The van der Waals surface area contributed by atoms with Crippen molar-refractivity contribution in [2.24, 2.45) is 0 Å². The van der Waals surface area contributed by atoms with Crippen LogP contribution in [0.25, 0.3) is 0 Å². The number of carbonyl (C=O) groups is 2. The summed E-state index contributed by atoms with van der Waals surface area (Å²) in [4.78, 5) is 24.9. The smallest absolute Gasteiger partial charge is 0.328 e. The van der Waals surface area contributed by atoms with E-state index in [0.29, 0.717) is 17.7 Å². The van der Waals surface area contributed by atoms with Crippen LogP contribution in [0.1, 0.15) is 39.7 Å². The second-order valence-corrected chi connectivity index (χ2v) is 7.53. The topological polar surface area (TPSA) is 88.4 Å². The number of hydrogen-bond donors (Lipinski definition) is 1. The molecule has 0 heterocycles. The van der Waals surface area contributed by atoms with E-state index in [9.17, 15) is 9.59 Å². The molecule has 1 rings (SSSR count). The van der Waals surface area contributed by atoms with Gasteiger partial charge in [0, 0.05) is 0 Å². The van der Waals surface area contributed by atoms with Crippen molar-refractivity contribution in [3.63, 3.8) is 0 Å². The summed E-state index contributed by atoms with van der Waals surface area (Å²) in [7, 11) is 0. The predicted molar refractivity (Wildman–Crippen MR) is 102 cm³/mol. The third-order valence-corrected chi connectivity index (χ3v) is 4.10. The SMILES string of the molecule is CSCCC(NC(=O)C(C)(C)Oc1ccc(C#N)cc1)C(=O)OC(C)C. The summed E-state index contributed by atoms with van der Waals surface area (Å²) in [5, 5.41) is 11.6. The number of thioether (sulfide) groups is 1. The van der Waals surface area contributed by atoms with E-state index in [2.05, 4.69) is 5.32 Å². The average molecular weight is 378 g/mol. The maximum absolute atomic E-state index is 12.7. The Morgan fingerprint density at radius 2 is 1.88 bits per heavy atom. The summed E-state index contributed by atoms with van der Waals surface area (Å²) >= 11 is 1.59. The molecule has 1 N–H and O–H groups in total. The molecule has 1 aromatic rings. The fraction of sp³-hybridized carbons (Fsp3) is 0.526. The van der Waals surface area contributed by atoms with Crippen molar-refractivity contribution in [3.05, 3.63) is 29.8 Å². The standard InChI is InChI=1S/C19H26N2O4S/c1-13(2)24-17(22)16(10-11-26-5)21-18(23)19(3,4)25-15-8-6-14(12-20)7-9-15/h6-9,13,16H,10-11H2,1-5H3,(H,21,23). The molecule has 1 amide bonds. The number of rotatable bonds is 9. The fourth-order valence-corrected chi connectivity index (χ4v) is 2.54. The Labute approximate surface area is 159 Å². The van der Waals surface area contributed by atoms with Crippen LogP contribution in [0, 0.1) is 11.3 Å². The van der Waals surface area contributed by atoms with Gasteiger partial charge in [-0.2, -0.15) is 17.0 Å². The fourth-order valence-electron chi connectivity index (χ4n) is 2.07. The number of esters is 1. The number of ether oxygens (including phenoxy) is 2.